The Morgan fingerprint density at radius 1 is 1.28 bits per heavy atom. The van der Waals surface area contributed by atoms with Gasteiger partial charge < -0.3 is 10.1 Å². The third kappa shape index (κ3) is 5.29. The number of nitrogens with one attached hydrogen (secondary N) is 1. The maximum absolute atomic E-state index is 11.7. The van der Waals surface area contributed by atoms with Gasteiger partial charge >= 0.3 is 5.97 Å². The first-order chi connectivity index (χ1) is 8.67. The van der Waals surface area contributed by atoms with E-state index in [9.17, 15) is 9.59 Å². The van der Waals surface area contributed by atoms with Gasteiger partial charge in [-0.2, -0.15) is 11.8 Å². The fourth-order valence-corrected chi connectivity index (χ4v) is 3.43. The fraction of sp³-hybridized carbons (Fsp3) is 0.846. The summed E-state index contributed by atoms with van der Waals surface area (Å²) in [6, 6.07) is 0.282. The number of hydrogen-bond acceptors (Lipinski definition) is 4. The van der Waals surface area contributed by atoms with Gasteiger partial charge in [0.1, 0.15) is 0 Å². The second kappa shape index (κ2) is 8.40. The molecule has 18 heavy (non-hydrogen) atoms. The molecule has 0 aromatic rings. The van der Waals surface area contributed by atoms with Crippen LogP contribution in [0.5, 0.6) is 0 Å². The predicted octanol–water partition coefficient (Wildman–Crippen LogP) is 2.12. The van der Waals surface area contributed by atoms with Crippen molar-refractivity contribution in [2.24, 2.45) is 0 Å². The first-order valence-electron chi connectivity index (χ1n) is 6.74. The van der Waals surface area contributed by atoms with Crippen LogP contribution in [0.25, 0.3) is 0 Å². The van der Waals surface area contributed by atoms with Crippen LogP contribution in [-0.4, -0.2) is 35.5 Å². The molecule has 0 radical (unpaired) electrons. The minimum absolute atomic E-state index is 0.0309. The van der Waals surface area contributed by atoms with E-state index in [0.29, 0.717) is 11.9 Å². The van der Waals surface area contributed by atoms with Gasteiger partial charge in [-0.15, -0.1) is 0 Å². The summed E-state index contributed by atoms with van der Waals surface area (Å²) in [5.74, 6) is 0.759. The Labute approximate surface area is 113 Å². The molecular weight excluding hydrogens is 250 g/mol. The number of thioether (sulfide) groups is 1. The Morgan fingerprint density at radius 3 is 2.72 bits per heavy atom. The molecule has 0 saturated heterocycles. The summed E-state index contributed by atoms with van der Waals surface area (Å²) < 4.78 is 4.80. The minimum Gasteiger partial charge on any atom is -0.466 e. The van der Waals surface area contributed by atoms with Crippen molar-refractivity contribution in [3.63, 3.8) is 0 Å². The number of hydrogen-bond donors (Lipinski definition) is 1. The van der Waals surface area contributed by atoms with Gasteiger partial charge in [0.15, 0.2) is 0 Å². The average molecular weight is 273 g/mol. The molecule has 0 aromatic heterocycles. The van der Waals surface area contributed by atoms with Gasteiger partial charge in [0, 0.05) is 17.7 Å². The summed E-state index contributed by atoms with van der Waals surface area (Å²) in [6.45, 7) is 4.28. The Hall–Kier alpha value is -0.710. The van der Waals surface area contributed by atoms with Crippen molar-refractivity contribution in [2.45, 2.75) is 57.2 Å². The van der Waals surface area contributed by atoms with E-state index in [1.807, 2.05) is 11.8 Å². The summed E-state index contributed by atoms with van der Waals surface area (Å²) in [6.07, 6.45) is 3.83. The molecule has 0 bridgehead atoms. The molecule has 1 aliphatic carbocycles. The molecule has 1 amide bonds. The van der Waals surface area contributed by atoms with Gasteiger partial charge in [-0.05, 0) is 25.5 Å². The topological polar surface area (TPSA) is 55.4 Å². The Kier molecular flexibility index (Phi) is 7.16. The third-order valence-electron chi connectivity index (χ3n) is 3.04. The van der Waals surface area contributed by atoms with Crippen LogP contribution in [0.3, 0.4) is 0 Å². The second-order valence-electron chi connectivity index (χ2n) is 4.40. The largest absolute Gasteiger partial charge is 0.466 e. The summed E-state index contributed by atoms with van der Waals surface area (Å²) in [5, 5.41) is 3.59. The maximum Gasteiger partial charge on any atom is 0.306 e. The zero-order chi connectivity index (χ0) is 13.4. The van der Waals surface area contributed by atoms with E-state index in [4.69, 9.17) is 4.74 Å². The van der Waals surface area contributed by atoms with Crippen molar-refractivity contribution in [1.29, 1.82) is 0 Å². The lowest BCUT2D eigenvalue weighted by Crippen LogP contribution is -2.38. The first kappa shape index (κ1) is 15.3. The van der Waals surface area contributed by atoms with E-state index in [2.05, 4.69) is 12.2 Å². The molecule has 104 valence electrons. The van der Waals surface area contributed by atoms with Crippen molar-refractivity contribution < 1.29 is 14.3 Å². The number of ether oxygens (including phenoxy) is 1. The first-order valence-corrected chi connectivity index (χ1v) is 7.78. The van der Waals surface area contributed by atoms with Crippen LogP contribution in [0.15, 0.2) is 0 Å². The van der Waals surface area contributed by atoms with Gasteiger partial charge in [0.2, 0.25) is 5.91 Å². The molecule has 1 aliphatic rings. The van der Waals surface area contributed by atoms with Crippen LogP contribution in [0.4, 0.5) is 0 Å². The number of rotatable bonds is 7. The summed E-state index contributed by atoms with van der Waals surface area (Å²) in [4.78, 5) is 22.9. The number of carbonyl (C=O) groups excluding carboxylic acids is 2. The van der Waals surface area contributed by atoms with Crippen LogP contribution < -0.4 is 5.32 Å². The molecular formula is C13H23NO3S. The minimum atomic E-state index is -0.293. The highest BCUT2D eigenvalue weighted by Gasteiger charge is 2.28. The molecule has 1 N–H and O–H groups in total. The SMILES string of the molecule is CCOC(=O)CCC(=O)NC1CCCC1SCC. The van der Waals surface area contributed by atoms with Crippen molar-refractivity contribution in [3.8, 4) is 0 Å². The number of amides is 1. The van der Waals surface area contributed by atoms with E-state index in [0.717, 1.165) is 12.2 Å². The van der Waals surface area contributed by atoms with E-state index in [1.54, 1.807) is 6.92 Å². The maximum atomic E-state index is 11.7. The molecule has 2 unspecified atom stereocenters. The van der Waals surface area contributed by atoms with Gasteiger partial charge in [0.05, 0.1) is 13.0 Å². The molecule has 1 fully saturated rings. The normalized spacial score (nSPS) is 22.8. The zero-order valence-corrected chi connectivity index (χ0v) is 12.1. The van der Waals surface area contributed by atoms with Crippen molar-refractivity contribution in [1.82, 2.24) is 5.32 Å². The van der Waals surface area contributed by atoms with Crippen molar-refractivity contribution in [2.75, 3.05) is 12.4 Å². The molecule has 1 saturated carbocycles. The molecule has 2 atom stereocenters. The highest BCUT2D eigenvalue weighted by atomic mass is 32.2. The molecule has 0 heterocycles. The van der Waals surface area contributed by atoms with Crippen LogP contribution >= 0.6 is 11.8 Å². The summed E-state index contributed by atoms with van der Waals surface area (Å²) in [7, 11) is 0. The van der Waals surface area contributed by atoms with Gasteiger partial charge in [-0.25, -0.2) is 0 Å². The Morgan fingerprint density at radius 2 is 2.06 bits per heavy atom. The van der Waals surface area contributed by atoms with Gasteiger partial charge in [0.25, 0.3) is 0 Å². The third-order valence-corrected chi connectivity index (χ3v) is 4.37. The number of carbonyl (C=O) groups is 2. The van der Waals surface area contributed by atoms with Gasteiger partial charge in [-0.3, -0.25) is 9.59 Å². The Balaban J connectivity index is 2.24. The van der Waals surface area contributed by atoms with Crippen molar-refractivity contribution >= 4 is 23.6 Å². The molecule has 4 nitrogen and oxygen atoms in total. The van der Waals surface area contributed by atoms with Gasteiger partial charge in [-0.1, -0.05) is 13.3 Å². The van der Waals surface area contributed by atoms with Crippen LogP contribution in [0, 0.1) is 0 Å². The van der Waals surface area contributed by atoms with E-state index < -0.39 is 0 Å². The second-order valence-corrected chi connectivity index (χ2v) is 5.92. The molecule has 0 aliphatic heterocycles. The lowest BCUT2D eigenvalue weighted by Gasteiger charge is -2.20. The highest BCUT2D eigenvalue weighted by molar-refractivity contribution is 7.99. The Bertz CT molecular complexity index is 283. The summed E-state index contributed by atoms with van der Waals surface area (Å²) >= 11 is 1.92. The molecule has 5 heteroatoms. The standard InChI is InChI=1S/C13H23NO3S/c1-3-17-13(16)9-8-12(15)14-10-6-5-7-11(10)18-4-2/h10-11H,3-9H2,1-2H3,(H,14,15). The molecule has 1 rings (SSSR count). The number of esters is 1. The molecule has 0 aromatic carbocycles. The van der Waals surface area contributed by atoms with E-state index in [1.165, 1.54) is 12.8 Å². The fourth-order valence-electron chi connectivity index (χ4n) is 2.23. The lowest BCUT2D eigenvalue weighted by molar-refractivity contribution is -0.144. The smallest absolute Gasteiger partial charge is 0.306 e. The van der Waals surface area contributed by atoms with E-state index >= 15 is 0 Å². The average Bonchev–Trinajstić information content (AvgIpc) is 2.75. The summed E-state index contributed by atoms with van der Waals surface area (Å²) in [5.41, 5.74) is 0. The van der Waals surface area contributed by atoms with E-state index in [-0.39, 0.29) is 30.8 Å². The van der Waals surface area contributed by atoms with Crippen LogP contribution in [0.2, 0.25) is 0 Å². The van der Waals surface area contributed by atoms with Crippen LogP contribution in [0.1, 0.15) is 46.0 Å². The zero-order valence-electron chi connectivity index (χ0n) is 11.2. The lowest BCUT2D eigenvalue weighted by atomic mass is 10.2. The van der Waals surface area contributed by atoms with Crippen LogP contribution in [-0.2, 0) is 14.3 Å². The molecule has 0 spiro atoms. The monoisotopic (exact) mass is 273 g/mol. The highest BCUT2D eigenvalue weighted by Crippen LogP contribution is 2.29. The van der Waals surface area contributed by atoms with Crippen molar-refractivity contribution in [3.05, 3.63) is 0 Å². The quantitative estimate of drug-likeness (QED) is 0.722. The predicted molar refractivity (Wildman–Crippen MR) is 73.6 cm³/mol.